The zero-order valence-electron chi connectivity index (χ0n) is 11.3. The molecule has 2 aromatic heterocycles. The molecule has 1 atom stereocenters. The number of hydrogen-bond acceptors (Lipinski definition) is 5. The van der Waals surface area contributed by atoms with Crippen LogP contribution in [0.15, 0.2) is 12.4 Å². The predicted octanol–water partition coefficient (Wildman–Crippen LogP) is 2.44. The van der Waals surface area contributed by atoms with E-state index in [0.29, 0.717) is 26.8 Å². The average molecular weight is 278 g/mol. The number of nitrogens with two attached hydrogens (primary N) is 1. The van der Waals surface area contributed by atoms with Crippen LogP contribution in [0.5, 0.6) is 0 Å². The quantitative estimate of drug-likeness (QED) is 0.900. The van der Waals surface area contributed by atoms with Gasteiger partial charge in [-0.3, -0.25) is 4.79 Å². The van der Waals surface area contributed by atoms with Crippen molar-refractivity contribution in [3.8, 4) is 0 Å². The van der Waals surface area contributed by atoms with Gasteiger partial charge in [-0.1, -0.05) is 13.8 Å². The smallest absolute Gasteiger partial charge is 0.263 e. The van der Waals surface area contributed by atoms with Crippen LogP contribution >= 0.6 is 11.3 Å². The molecule has 0 aromatic carbocycles. The van der Waals surface area contributed by atoms with Crippen molar-refractivity contribution in [1.82, 2.24) is 15.3 Å². The minimum atomic E-state index is -0.143. The molecule has 0 aliphatic rings. The van der Waals surface area contributed by atoms with Crippen molar-refractivity contribution in [2.75, 3.05) is 5.73 Å². The minimum Gasteiger partial charge on any atom is -0.396 e. The molecule has 0 aliphatic heterocycles. The van der Waals surface area contributed by atoms with Crippen molar-refractivity contribution in [2.45, 2.75) is 33.2 Å². The highest BCUT2D eigenvalue weighted by atomic mass is 32.1. The van der Waals surface area contributed by atoms with E-state index < -0.39 is 0 Å². The number of nitrogens with one attached hydrogen (secondary N) is 1. The van der Waals surface area contributed by atoms with E-state index in [1.807, 2.05) is 6.92 Å². The molecule has 1 amide bonds. The van der Waals surface area contributed by atoms with Gasteiger partial charge in [-0.25, -0.2) is 9.97 Å². The van der Waals surface area contributed by atoms with Crippen molar-refractivity contribution in [1.29, 1.82) is 0 Å². The van der Waals surface area contributed by atoms with Crippen LogP contribution in [0.25, 0.3) is 10.3 Å². The van der Waals surface area contributed by atoms with Crippen LogP contribution in [-0.2, 0) is 0 Å². The van der Waals surface area contributed by atoms with Gasteiger partial charge in [-0.2, -0.15) is 0 Å². The number of aromatic nitrogens is 2. The van der Waals surface area contributed by atoms with E-state index in [2.05, 4.69) is 29.1 Å². The summed E-state index contributed by atoms with van der Waals surface area (Å²) in [5.41, 5.74) is 6.99. The first-order valence-electron chi connectivity index (χ1n) is 6.29. The Labute approximate surface area is 116 Å². The molecule has 0 spiro atoms. The van der Waals surface area contributed by atoms with Gasteiger partial charge in [0.1, 0.15) is 15.2 Å². The Morgan fingerprint density at radius 2 is 2.05 bits per heavy atom. The molecule has 102 valence electrons. The summed E-state index contributed by atoms with van der Waals surface area (Å²) in [7, 11) is 0. The van der Waals surface area contributed by atoms with Gasteiger partial charge < -0.3 is 11.1 Å². The number of nitrogen functional groups attached to an aromatic ring is 1. The van der Waals surface area contributed by atoms with Gasteiger partial charge in [0.25, 0.3) is 5.91 Å². The first kappa shape index (κ1) is 13.7. The van der Waals surface area contributed by atoms with E-state index in [9.17, 15) is 4.79 Å². The maximum atomic E-state index is 12.2. The Hall–Kier alpha value is -1.69. The summed E-state index contributed by atoms with van der Waals surface area (Å²) in [6.07, 6.45) is 4.11. The maximum absolute atomic E-state index is 12.2. The summed E-state index contributed by atoms with van der Waals surface area (Å²) in [5.74, 6) is 0.397. The molecule has 0 saturated carbocycles. The molecule has 2 aromatic rings. The van der Waals surface area contributed by atoms with Gasteiger partial charge in [0.15, 0.2) is 0 Å². The maximum Gasteiger partial charge on any atom is 0.263 e. The summed E-state index contributed by atoms with van der Waals surface area (Å²) in [5, 5.41) is 2.97. The molecule has 0 fully saturated rings. The van der Waals surface area contributed by atoms with Crippen molar-refractivity contribution >= 4 is 33.3 Å². The molecule has 0 bridgehead atoms. The number of anilines is 1. The number of nitrogens with zero attached hydrogens (tertiary/aromatic N) is 2. The summed E-state index contributed by atoms with van der Waals surface area (Å²) in [4.78, 5) is 21.7. The predicted molar refractivity (Wildman–Crippen MR) is 78.2 cm³/mol. The van der Waals surface area contributed by atoms with E-state index in [1.54, 1.807) is 12.4 Å². The molecule has 6 heteroatoms. The van der Waals surface area contributed by atoms with E-state index >= 15 is 0 Å². The number of carbonyl (C=O) groups is 1. The van der Waals surface area contributed by atoms with Crippen LogP contribution in [0.4, 0.5) is 5.69 Å². The fourth-order valence-electron chi connectivity index (χ4n) is 2.07. The number of amides is 1. The van der Waals surface area contributed by atoms with Crippen LogP contribution in [-0.4, -0.2) is 21.9 Å². The van der Waals surface area contributed by atoms with Crippen LogP contribution in [0, 0.1) is 5.92 Å². The number of rotatable bonds is 4. The summed E-state index contributed by atoms with van der Waals surface area (Å²) >= 11 is 1.28. The minimum absolute atomic E-state index is 0.123. The topological polar surface area (TPSA) is 80.9 Å². The number of fused-ring (bicyclic) bond motifs is 1. The Morgan fingerprint density at radius 1 is 1.37 bits per heavy atom. The van der Waals surface area contributed by atoms with Gasteiger partial charge >= 0.3 is 0 Å². The van der Waals surface area contributed by atoms with Gasteiger partial charge in [0.05, 0.1) is 5.69 Å². The largest absolute Gasteiger partial charge is 0.396 e. The molecule has 2 rings (SSSR count). The SMILES string of the molecule is CC(C)CC(C)NC(=O)c1sc2nccnc2c1N. The highest BCUT2D eigenvalue weighted by molar-refractivity contribution is 7.21. The molecule has 5 nitrogen and oxygen atoms in total. The van der Waals surface area contributed by atoms with Crippen molar-refractivity contribution in [2.24, 2.45) is 5.92 Å². The Bertz CT molecular complexity index is 593. The van der Waals surface area contributed by atoms with Crippen LogP contribution in [0.2, 0.25) is 0 Å². The third-order valence-corrected chi connectivity index (χ3v) is 3.87. The monoisotopic (exact) mass is 278 g/mol. The lowest BCUT2D eigenvalue weighted by atomic mass is 10.1. The molecule has 0 aliphatic carbocycles. The zero-order chi connectivity index (χ0) is 14.0. The van der Waals surface area contributed by atoms with Gasteiger partial charge in [0, 0.05) is 18.4 Å². The molecule has 3 N–H and O–H groups in total. The number of hydrogen-bond donors (Lipinski definition) is 2. The Balaban J connectivity index is 2.20. The lowest BCUT2D eigenvalue weighted by Crippen LogP contribution is -2.33. The van der Waals surface area contributed by atoms with Gasteiger partial charge in [-0.05, 0) is 19.3 Å². The zero-order valence-corrected chi connectivity index (χ0v) is 12.1. The van der Waals surface area contributed by atoms with Crippen LogP contribution in [0.1, 0.15) is 36.9 Å². The second-order valence-electron chi connectivity index (χ2n) is 5.06. The first-order valence-corrected chi connectivity index (χ1v) is 7.10. The van der Waals surface area contributed by atoms with Gasteiger partial charge in [0.2, 0.25) is 0 Å². The van der Waals surface area contributed by atoms with Gasteiger partial charge in [-0.15, -0.1) is 11.3 Å². The third kappa shape index (κ3) is 3.01. The second kappa shape index (κ2) is 5.52. The molecular weight excluding hydrogens is 260 g/mol. The molecule has 19 heavy (non-hydrogen) atoms. The second-order valence-corrected chi connectivity index (χ2v) is 6.06. The standard InChI is InChI=1S/C13H18N4OS/c1-7(2)6-8(3)17-12(18)11-9(14)10-13(19-11)16-5-4-15-10/h4-5,7-8H,6,14H2,1-3H3,(H,17,18). The lowest BCUT2D eigenvalue weighted by molar-refractivity contribution is 0.0941. The van der Waals surface area contributed by atoms with E-state index in [-0.39, 0.29) is 11.9 Å². The molecule has 0 radical (unpaired) electrons. The summed E-state index contributed by atoms with van der Waals surface area (Å²) < 4.78 is 0. The molecule has 1 unspecified atom stereocenters. The number of carbonyl (C=O) groups excluding carboxylic acids is 1. The molecule has 0 saturated heterocycles. The van der Waals surface area contributed by atoms with Crippen molar-refractivity contribution in [3.05, 3.63) is 17.3 Å². The summed E-state index contributed by atoms with van der Waals surface area (Å²) in [6.45, 7) is 6.26. The van der Waals surface area contributed by atoms with Crippen molar-refractivity contribution in [3.63, 3.8) is 0 Å². The Kier molecular flexibility index (Phi) is 3.99. The highest BCUT2D eigenvalue weighted by Crippen LogP contribution is 2.30. The number of thiophene rings is 1. The fourth-order valence-corrected chi connectivity index (χ4v) is 2.99. The molecule has 2 heterocycles. The summed E-state index contributed by atoms with van der Waals surface area (Å²) in [6, 6.07) is 0.123. The highest BCUT2D eigenvalue weighted by Gasteiger charge is 2.19. The molecular formula is C13H18N4OS. The van der Waals surface area contributed by atoms with Crippen molar-refractivity contribution < 1.29 is 4.79 Å². The lowest BCUT2D eigenvalue weighted by Gasteiger charge is -2.15. The first-order chi connectivity index (χ1) is 8.99. The Morgan fingerprint density at radius 3 is 2.68 bits per heavy atom. The van der Waals surface area contributed by atoms with Crippen LogP contribution in [0.3, 0.4) is 0 Å². The average Bonchev–Trinajstić information content (AvgIpc) is 2.66. The fraction of sp³-hybridized carbons (Fsp3) is 0.462. The van der Waals surface area contributed by atoms with Crippen LogP contribution < -0.4 is 11.1 Å². The third-order valence-electron chi connectivity index (χ3n) is 2.77. The van der Waals surface area contributed by atoms with E-state index in [4.69, 9.17) is 5.73 Å². The van der Waals surface area contributed by atoms with E-state index in [0.717, 1.165) is 6.42 Å². The normalized spacial score (nSPS) is 12.8. The van der Waals surface area contributed by atoms with E-state index in [1.165, 1.54) is 11.3 Å².